The molecule has 0 bridgehead atoms. The fraction of sp³-hybridized carbons (Fsp3) is 0.111. The molecule has 4 aromatic carbocycles. The first-order valence-corrected chi connectivity index (χ1v) is 18.3. The predicted molar refractivity (Wildman–Crippen MR) is 146 cm³/mol. The van der Waals surface area contributed by atoms with E-state index in [4.69, 9.17) is 0 Å². The first kappa shape index (κ1) is 27.1. The summed E-state index contributed by atoms with van der Waals surface area (Å²) >= 11 is 0. The van der Waals surface area contributed by atoms with Crippen LogP contribution in [0.1, 0.15) is 0 Å². The van der Waals surface area contributed by atoms with Crippen molar-refractivity contribution in [2.24, 2.45) is 0 Å². The van der Waals surface area contributed by atoms with Gasteiger partial charge in [0.25, 0.3) is 0 Å². The molecule has 0 aliphatic rings. The topological polar surface area (TPSA) is 102 Å². The summed E-state index contributed by atoms with van der Waals surface area (Å²) in [7, 11) is -12.4. The van der Waals surface area contributed by atoms with Crippen molar-refractivity contribution in [2.75, 3.05) is 18.8 Å². The van der Waals surface area contributed by atoms with E-state index in [1.165, 1.54) is 36.4 Å². The molecule has 0 aromatic heterocycles. The minimum absolute atomic E-state index is 0.00441. The van der Waals surface area contributed by atoms with Crippen LogP contribution in [-0.4, -0.2) is 44.0 Å². The maximum absolute atomic E-state index is 13.2. The summed E-state index contributed by atoms with van der Waals surface area (Å²) in [6.07, 6.45) is 5.27. The Kier molecular flexibility index (Phi) is 7.15. The highest BCUT2D eigenvalue weighted by Crippen LogP contribution is 2.56. The quantitative estimate of drug-likeness (QED) is 0.299. The molecule has 0 amide bonds. The Bertz CT molecular complexity index is 1740. The number of hydrogen-bond acceptors (Lipinski definition) is 6. The van der Waals surface area contributed by atoms with Gasteiger partial charge in [-0.3, -0.25) is 0 Å². The van der Waals surface area contributed by atoms with E-state index in [1.807, 2.05) is 0 Å². The highest BCUT2D eigenvalue weighted by Gasteiger charge is 2.23. The molecule has 0 fully saturated rings. The summed E-state index contributed by atoms with van der Waals surface area (Å²) in [5.74, 6) is 0. The first-order valence-electron chi connectivity index (χ1n) is 11.0. The molecule has 37 heavy (non-hydrogen) atoms. The van der Waals surface area contributed by atoms with Gasteiger partial charge in [0.1, 0.15) is 0 Å². The molecule has 194 valence electrons. The van der Waals surface area contributed by atoms with Gasteiger partial charge in [0.15, 0.2) is 9.84 Å². The first-order chi connectivity index (χ1) is 17.2. The maximum atomic E-state index is 13.2. The van der Waals surface area contributed by atoms with E-state index in [1.54, 1.807) is 66.7 Å². The number of benzene rings is 4. The zero-order valence-electron chi connectivity index (χ0n) is 20.4. The predicted octanol–water partition coefficient (Wildman–Crippen LogP) is 5.24. The molecule has 10 heteroatoms. The van der Waals surface area contributed by atoms with E-state index < -0.39 is 39.5 Å². The van der Waals surface area contributed by atoms with Gasteiger partial charge in [0, 0.05) is 6.26 Å². The lowest BCUT2D eigenvalue weighted by Crippen LogP contribution is -2.05. The molecule has 4 aromatic rings. The van der Waals surface area contributed by atoms with Crippen molar-refractivity contribution in [1.29, 1.82) is 0 Å². The molecule has 0 N–H and O–H groups in total. The average molecular weight is 575 g/mol. The minimum atomic E-state index is -3.87. The Labute approximate surface area is 220 Å². The van der Waals surface area contributed by atoms with Gasteiger partial charge >= 0.3 is 0 Å². The van der Waals surface area contributed by atoms with Crippen LogP contribution < -0.4 is 0 Å². The standard InChI is InChI=1S/C27H26O6S4/c1-34(2,21-9-13-23(14-10-21)35(3,28)29)22-11-15-25(16-12-22)37(32,33)27-19-17-26(18-20-27)36(30,31)24-7-5-4-6-8-24/h4-20H,1-3H3. The van der Waals surface area contributed by atoms with Crippen LogP contribution in [0.3, 0.4) is 0 Å². The van der Waals surface area contributed by atoms with Gasteiger partial charge in [0.05, 0.1) is 24.5 Å². The van der Waals surface area contributed by atoms with Crippen molar-refractivity contribution in [3.63, 3.8) is 0 Å². The van der Waals surface area contributed by atoms with E-state index in [0.717, 1.165) is 16.0 Å². The molecule has 0 aliphatic heterocycles. The third kappa shape index (κ3) is 5.38. The molecule has 0 heterocycles. The zero-order valence-corrected chi connectivity index (χ0v) is 23.7. The maximum Gasteiger partial charge on any atom is 0.206 e. The molecule has 0 atom stereocenters. The van der Waals surface area contributed by atoms with Gasteiger partial charge in [-0.15, -0.1) is 0 Å². The van der Waals surface area contributed by atoms with Crippen LogP contribution in [0.25, 0.3) is 0 Å². The molecule has 0 saturated carbocycles. The van der Waals surface area contributed by atoms with Crippen molar-refractivity contribution < 1.29 is 25.3 Å². The van der Waals surface area contributed by atoms with Crippen LogP contribution in [0.15, 0.2) is 137 Å². The Morgan fingerprint density at radius 2 is 0.622 bits per heavy atom. The Balaban J connectivity index is 1.60. The summed E-state index contributed by atoms with van der Waals surface area (Å²) in [5, 5.41) is 0. The van der Waals surface area contributed by atoms with Crippen molar-refractivity contribution in [3.8, 4) is 0 Å². The monoisotopic (exact) mass is 574 g/mol. The third-order valence-electron chi connectivity index (χ3n) is 6.06. The third-order valence-corrected chi connectivity index (χ3v) is 13.7. The van der Waals surface area contributed by atoms with Crippen LogP contribution in [0.5, 0.6) is 0 Å². The smallest absolute Gasteiger partial charge is 0.206 e. The largest absolute Gasteiger partial charge is 0.224 e. The summed E-state index contributed by atoms with van der Waals surface area (Å²) in [6.45, 7) is 0. The number of hydrogen-bond donors (Lipinski definition) is 0. The molecule has 0 unspecified atom stereocenters. The van der Waals surface area contributed by atoms with E-state index in [2.05, 4.69) is 12.5 Å². The minimum Gasteiger partial charge on any atom is -0.224 e. The Hall–Kier alpha value is -2.92. The van der Waals surface area contributed by atoms with Gasteiger partial charge in [-0.1, -0.05) is 18.2 Å². The van der Waals surface area contributed by atoms with Crippen molar-refractivity contribution in [1.82, 2.24) is 0 Å². The Morgan fingerprint density at radius 1 is 0.351 bits per heavy atom. The van der Waals surface area contributed by atoms with Gasteiger partial charge in [-0.05, 0) is 107 Å². The summed E-state index contributed by atoms with van der Waals surface area (Å²) < 4.78 is 75.6. The van der Waals surface area contributed by atoms with Gasteiger partial charge in [0.2, 0.25) is 19.7 Å². The molecule has 0 aliphatic carbocycles. The lowest BCUT2D eigenvalue weighted by molar-refractivity contribution is 0.592. The molecule has 0 spiro atoms. The van der Waals surface area contributed by atoms with Crippen LogP contribution in [0.2, 0.25) is 0 Å². The highest BCUT2D eigenvalue weighted by atomic mass is 32.3. The lowest BCUT2D eigenvalue weighted by atomic mass is 10.4. The molecule has 4 rings (SSSR count). The van der Waals surface area contributed by atoms with Gasteiger partial charge in [-0.25, -0.2) is 25.3 Å². The van der Waals surface area contributed by atoms with Gasteiger partial charge < -0.3 is 0 Å². The summed E-state index contributed by atoms with van der Waals surface area (Å²) in [6, 6.07) is 26.5. The number of sulfone groups is 3. The van der Waals surface area contributed by atoms with Crippen molar-refractivity contribution >= 4 is 39.5 Å². The highest BCUT2D eigenvalue weighted by molar-refractivity contribution is 8.32. The SMILES string of the molecule is CS(C)(c1ccc(S(C)(=O)=O)cc1)c1ccc(S(=O)(=O)c2ccc(S(=O)(=O)c3ccccc3)cc2)cc1. The molecular formula is C27H26O6S4. The second-order valence-electron chi connectivity index (χ2n) is 8.83. The average Bonchev–Trinajstić information content (AvgIpc) is 2.89. The van der Waals surface area contributed by atoms with E-state index >= 15 is 0 Å². The Morgan fingerprint density at radius 3 is 0.946 bits per heavy atom. The lowest BCUT2D eigenvalue weighted by Gasteiger charge is -2.32. The van der Waals surface area contributed by atoms with Crippen LogP contribution in [-0.2, 0) is 29.5 Å². The fourth-order valence-corrected chi connectivity index (χ4v) is 8.87. The van der Waals surface area contributed by atoms with Crippen LogP contribution >= 0.6 is 10.0 Å². The molecular weight excluding hydrogens is 549 g/mol. The number of rotatable bonds is 7. The second kappa shape index (κ2) is 9.75. The molecule has 6 nitrogen and oxygen atoms in total. The van der Waals surface area contributed by atoms with Crippen LogP contribution in [0.4, 0.5) is 0 Å². The van der Waals surface area contributed by atoms with Crippen molar-refractivity contribution in [3.05, 3.63) is 103 Å². The van der Waals surface area contributed by atoms with Gasteiger partial charge in [-0.2, -0.15) is 10.0 Å². The normalized spacial score (nSPS) is 13.3. The van der Waals surface area contributed by atoms with E-state index in [-0.39, 0.29) is 24.5 Å². The second-order valence-corrected chi connectivity index (χ2v) is 18.3. The van der Waals surface area contributed by atoms with E-state index in [9.17, 15) is 25.3 Å². The van der Waals surface area contributed by atoms with Crippen molar-refractivity contribution in [2.45, 2.75) is 34.3 Å². The fourth-order valence-electron chi connectivity index (χ4n) is 3.79. The summed E-state index contributed by atoms with van der Waals surface area (Å²) in [5.41, 5.74) is 0. The molecule has 0 radical (unpaired) electrons. The zero-order chi connectivity index (χ0) is 27.1. The van der Waals surface area contributed by atoms with E-state index in [0.29, 0.717) is 0 Å². The molecule has 0 saturated heterocycles. The van der Waals surface area contributed by atoms with Crippen LogP contribution in [0, 0.1) is 0 Å². The summed E-state index contributed by atoms with van der Waals surface area (Å²) in [4.78, 5) is 2.38.